The van der Waals surface area contributed by atoms with Gasteiger partial charge in [0.15, 0.2) is 0 Å². The van der Waals surface area contributed by atoms with E-state index >= 15 is 0 Å². The van der Waals surface area contributed by atoms with Gasteiger partial charge in [0.2, 0.25) is 0 Å². The minimum absolute atomic E-state index is 0.529. The first kappa shape index (κ1) is 31.9. The Kier molecular flexibility index (Phi) is 6.88. The first-order chi connectivity index (χ1) is 28.3. The van der Waals surface area contributed by atoms with Crippen molar-refractivity contribution in [1.29, 1.82) is 0 Å². The number of benzene rings is 9. The summed E-state index contributed by atoms with van der Waals surface area (Å²) in [6.45, 7) is 0. The zero-order chi connectivity index (χ0) is 37.5. The predicted octanol–water partition coefficient (Wildman–Crippen LogP) is 14.3. The van der Waals surface area contributed by atoms with Gasteiger partial charge in [0, 0.05) is 33.5 Å². The second kappa shape index (κ2) is 12.3. The van der Waals surface area contributed by atoms with Crippen LogP contribution in [0.3, 0.4) is 0 Å². The van der Waals surface area contributed by atoms with E-state index in [0.717, 1.165) is 17.1 Å². The van der Waals surface area contributed by atoms with Crippen molar-refractivity contribution in [3.05, 3.63) is 241 Å². The molecule has 57 heavy (non-hydrogen) atoms. The summed E-state index contributed by atoms with van der Waals surface area (Å²) in [6.07, 6.45) is 0. The molecule has 0 bridgehead atoms. The van der Waals surface area contributed by atoms with Gasteiger partial charge in [-0.05, 0) is 122 Å². The number of aromatic nitrogens is 1. The van der Waals surface area contributed by atoms with Crippen LogP contribution in [0, 0.1) is 0 Å². The largest absolute Gasteiger partial charge is 0.310 e. The molecule has 1 spiro atoms. The summed E-state index contributed by atoms with van der Waals surface area (Å²) in [5, 5.41) is 2.54. The Hall–Kier alpha value is -7.42. The maximum Gasteiger partial charge on any atom is 0.0726 e. The average molecular weight is 725 g/mol. The maximum absolute atomic E-state index is 2.50. The van der Waals surface area contributed by atoms with Crippen LogP contribution in [0.1, 0.15) is 22.3 Å². The number of rotatable bonds is 5. The van der Waals surface area contributed by atoms with Crippen LogP contribution in [0.5, 0.6) is 0 Å². The van der Waals surface area contributed by atoms with Gasteiger partial charge in [-0.15, -0.1) is 0 Å². The van der Waals surface area contributed by atoms with E-state index in [1.165, 1.54) is 83.1 Å². The maximum atomic E-state index is 2.50. The molecular formula is C55H36N2. The molecule has 0 radical (unpaired) electrons. The van der Waals surface area contributed by atoms with Crippen molar-refractivity contribution in [3.8, 4) is 39.1 Å². The monoisotopic (exact) mass is 724 g/mol. The Bertz CT molecular complexity index is 3090. The lowest BCUT2D eigenvalue weighted by Gasteiger charge is -2.32. The molecule has 1 aromatic heterocycles. The van der Waals surface area contributed by atoms with Gasteiger partial charge < -0.3 is 9.47 Å². The zero-order valence-corrected chi connectivity index (χ0v) is 31.2. The van der Waals surface area contributed by atoms with E-state index in [4.69, 9.17) is 0 Å². The first-order valence-corrected chi connectivity index (χ1v) is 19.8. The SMILES string of the molecule is c1ccc(-c2ccc3c(c2)C2(c4ccccc4-c4cc(N(c5ccccc5)c5ccccc5)ccc42)c2cc(-n4c5ccccc5c5ccccc54)ccc2-3)cc1. The van der Waals surface area contributed by atoms with Crippen molar-refractivity contribution in [2.24, 2.45) is 0 Å². The minimum atomic E-state index is -0.529. The lowest BCUT2D eigenvalue weighted by Crippen LogP contribution is -2.26. The van der Waals surface area contributed by atoms with Crippen molar-refractivity contribution < 1.29 is 0 Å². The first-order valence-electron chi connectivity index (χ1n) is 19.8. The van der Waals surface area contributed by atoms with Crippen LogP contribution in [0.4, 0.5) is 17.1 Å². The third kappa shape index (κ3) is 4.53. The van der Waals surface area contributed by atoms with Crippen molar-refractivity contribution in [2.45, 2.75) is 5.41 Å². The topological polar surface area (TPSA) is 8.17 Å². The van der Waals surface area contributed by atoms with E-state index < -0.39 is 5.41 Å². The predicted molar refractivity (Wildman–Crippen MR) is 237 cm³/mol. The molecule has 9 aromatic carbocycles. The van der Waals surface area contributed by atoms with Gasteiger partial charge in [0.25, 0.3) is 0 Å². The molecule has 0 fully saturated rings. The highest BCUT2D eigenvalue weighted by atomic mass is 15.1. The Balaban J connectivity index is 1.15. The molecule has 2 aliphatic carbocycles. The molecule has 2 nitrogen and oxygen atoms in total. The summed E-state index contributed by atoms with van der Waals surface area (Å²) >= 11 is 0. The summed E-state index contributed by atoms with van der Waals surface area (Å²) in [5.41, 5.74) is 19.3. The molecule has 0 amide bonds. The zero-order valence-electron chi connectivity index (χ0n) is 31.2. The minimum Gasteiger partial charge on any atom is -0.310 e. The normalized spacial score (nSPS) is 14.7. The smallest absolute Gasteiger partial charge is 0.0726 e. The summed E-state index contributed by atoms with van der Waals surface area (Å²) in [6, 6.07) is 80.5. The van der Waals surface area contributed by atoms with Gasteiger partial charge in [0.1, 0.15) is 0 Å². The highest BCUT2D eigenvalue weighted by molar-refractivity contribution is 6.09. The van der Waals surface area contributed by atoms with Gasteiger partial charge in [-0.2, -0.15) is 0 Å². The molecule has 0 aliphatic heterocycles. The number of fused-ring (bicyclic) bond motifs is 13. The quantitative estimate of drug-likeness (QED) is 0.172. The summed E-state index contributed by atoms with van der Waals surface area (Å²) in [5.74, 6) is 0. The fraction of sp³-hybridized carbons (Fsp3) is 0.0182. The standard InChI is InChI=1S/C55H36N2/c1-4-16-37(17-5-1)38-28-31-44-45-32-29-42(57-53-26-14-11-23-46(53)47-24-12-15-27-54(47)57)36-52(45)55(51(44)34-38)49-25-13-10-22-43(49)48-35-41(30-33-50(48)55)56(39-18-6-2-7-19-39)40-20-8-3-9-21-40/h1-36H. The lowest BCUT2D eigenvalue weighted by atomic mass is 9.70. The van der Waals surface area contributed by atoms with Gasteiger partial charge in [0.05, 0.1) is 16.4 Å². The van der Waals surface area contributed by atoms with Crippen LogP contribution in [0.25, 0.3) is 60.9 Å². The average Bonchev–Trinajstić information content (AvgIpc) is 3.88. The second-order valence-corrected chi connectivity index (χ2v) is 15.3. The Morgan fingerprint density at radius 1 is 0.316 bits per heavy atom. The lowest BCUT2D eigenvalue weighted by molar-refractivity contribution is 0.793. The summed E-state index contributed by atoms with van der Waals surface area (Å²) in [4.78, 5) is 2.37. The number of para-hydroxylation sites is 4. The molecule has 1 unspecified atom stereocenters. The van der Waals surface area contributed by atoms with Crippen molar-refractivity contribution in [3.63, 3.8) is 0 Å². The molecule has 0 saturated heterocycles. The van der Waals surface area contributed by atoms with Crippen LogP contribution >= 0.6 is 0 Å². The molecule has 0 N–H and O–H groups in total. The van der Waals surface area contributed by atoms with Crippen molar-refractivity contribution >= 4 is 38.9 Å². The third-order valence-electron chi connectivity index (χ3n) is 12.4. The van der Waals surface area contributed by atoms with E-state index in [-0.39, 0.29) is 0 Å². The van der Waals surface area contributed by atoms with E-state index in [9.17, 15) is 0 Å². The molecule has 2 aliphatic rings. The molecule has 12 rings (SSSR count). The fourth-order valence-corrected chi connectivity index (χ4v) is 10.1. The Morgan fingerprint density at radius 3 is 1.53 bits per heavy atom. The molecule has 0 saturated carbocycles. The van der Waals surface area contributed by atoms with E-state index in [1.54, 1.807) is 0 Å². The van der Waals surface area contributed by atoms with Gasteiger partial charge >= 0.3 is 0 Å². The van der Waals surface area contributed by atoms with Gasteiger partial charge in [-0.3, -0.25) is 0 Å². The molecule has 1 heterocycles. The van der Waals surface area contributed by atoms with Crippen LogP contribution in [-0.4, -0.2) is 4.57 Å². The van der Waals surface area contributed by atoms with Crippen LogP contribution in [0.2, 0.25) is 0 Å². The van der Waals surface area contributed by atoms with E-state index in [0.29, 0.717) is 0 Å². The molecule has 266 valence electrons. The van der Waals surface area contributed by atoms with Gasteiger partial charge in [-0.1, -0.05) is 152 Å². The molecule has 2 heteroatoms. The molecular weight excluding hydrogens is 689 g/mol. The summed E-state index contributed by atoms with van der Waals surface area (Å²) in [7, 11) is 0. The Morgan fingerprint density at radius 2 is 0.842 bits per heavy atom. The molecule has 1 atom stereocenters. The highest BCUT2D eigenvalue weighted by Gasteiger charge is 2.52. The van der Waals surface area contributed by atoms with Crippen LogP contribution in [-0.2, 0) is 5.41 Å². The number of nitrogens with zero attached hydrogens (tertiary/aromatic N) is 2. The van der Waals surface area contributed by atoms with Crippen molar-refractivity contribution in [2.75, 3.05) is 4.90 Å². The second-order valence-electron chi connectivity index (χ2n) is 15.3. The Labute approximate surface area is 332 Å². The highest BCUT2D eigenvalue weighted by Crippen LogP contribution is 2.64. The van der Waals surface area contributed by atoms with Crippen LogP contribution < -0.4 is 4.90 Å². The number of hydrogen-bond acceptors (Lipinski definition) is 1. The third-order valence-corrected chi connectivity index (χ3v) is 12.4. The molecule has 10 aromatic rings. The van der Waals surface area contributed by atoms with E-state index in [1.807, 2.05) is 0 Å². The van der Waals surface area contributed by atoms with Gasteiger partial charge in [-0.25, -0.2) is 0 Å². The van der Waals surface area contributed by atoms with Crippen LogP contribution in [0.15, 0.2) is 218 Å². The number of anilines is 3. The van der Waals surface area contributed by atoms with Crippen molar-refractivity contribution in [1.82, 2.24) is 4.57 Å². The number of hydrogen-bond donors (Lipinski definition) is 0. The van der Waals surface area contributed by atoms with E-state index in [2.05, 4.69) is 228 Å². The fourth-order valence-electron chi connectivity index (χ4n) is 10.1. The summed E-state index contributed by atoms with van der Waals surface area (Å²) < 4.78 is 2.46.